The number of rotatable bonds is 37. The third-order valence-electron chi connectivity index (χ3n) is 8.61. The fourth-order valence-electron chi connectivity index (χ4n) is 5.48. The number of hydrogen-bond acceptors (Lipinski definition) is 9. The third-order valence-corrected chi connectivity index (χ3v) is 9.56. The second-order valence-corrected chi connectivity index (χ2v) is 14.9. The van der Waals surface area contributed by atoms with Crippen LogP contribution in [0.2, 0.25) is 0 Å². The molecule has 0 aliphatic carbocycles. The largest absolute Gasteiger partial charge is 0.480 e. The number of nitrogens with two attached hydrogens (primary N) is 1. The highest BCUT2D eigenvalue weighted by Gasteiger charge is 2.28. The van der Waals surface area contributed by atoms with Crippen LogP contribution in [0.4, 0.5) is 0 Å². The molecule has 11 nitrogen and oxygen atoms in total. The molecule has 0 radical (unpaired) electrons. The normalized spacial score (nSPS) is 13.9. The van der Waals surface area contributed by atoms with Crippen LogP contribution in [-0.2, 0) is 37.5 Å². The van der Waals surface area contributed by atoms with Gasteiger partial charge in [-0.15, -0.1) is 0 Å². The maximum atomic E-state index is 12.5. The minimum atomic E-state index is -4.69. The molecule has 0 aromatic heterocycles. The summed E-state index contributed by atoms with van der Waals surface area (Å²) in [5.41, 5.74) is 5.29. The number of phosphoric acid groups is 1. The van der Waals surface area contributed by atoms with E-state index >= 15 is 0 Å². The van der Waals surface area contributed by atoms with Crippen molar-refractivity contribution in [3.8, 4) is 0 Å². The molecular weight excluding hydrogens is 649 g/mol. The van der Waals surface area contributed by atoms with Crippen molar-refractivity contribution in [3.63, 3.8) is 0 Å². The van der Waals surface area contributed by atoms with Gasteiger partial charge in [-0.25, -0.2) is 4.57 Å². The van der Waals surface area contributed by atoms with Crippen LogP contribution in [0.15, 0.2) is 0 Å². The van der Waals surface area contributed by atoms with E-state index in [9.17, 15) is 23.8 Å². The van der Waals surface area contributed by atoms with Crippen molar-refractivity contribution in [2.45, 2.75) is 199 Å². The Labute approximate surface area is 297 Å². The van der Waals surface area contributed by atoms with Crippen LogP contribution in [0, 0.1) is 0 Å². The van der Waals surface area contributed by atoms with Crippen LogP contribution in [0.3, 0.4) is 0 Å². The van der Waals surface area contributed by atoms with Crippen molar-refractivity contribution in [1.82, 2.24) is 0 Å². The fraction of sp³-hybridized carbons (Fsp3) is 0.919. The first-order chi connectivity index (χ1) is 23.6. The Balaban J connectivity index is 4.08. The molecule has 0 bridgehead atoms. The lowest BCUT2D eigenvalue weighted by molar-refractivity contribution is -0.161. The summed E-state index contributed by atoms with van der Waals surface area (Å²) in [5, 5.41) is 8.82. The number of ether oxygens (including phenoxy) is 2. The number of unbranched alkanes of at least 4 members (excludes halogenated alkanes) is 23. The van der Waals surface area contributed by atoms with E-state index in [-0.39, 0.29) is 19.4 Å². The van der Waals surface area contributed by atoms with Crippen molar-refractivity contribution in [3.05, 3.63) is 0 Å². The van der Waals surface area contributed by atoms with Gasteiger partial charge in [-0.05, 0) is 12.8 Å². The molecule has 0 aromatic rings. The summed E-state index contributed by atoms with van der Waals surface area (Å²) in [4.78, 5) is 45.3. The zero-order valence-electron chi connectivity index (χ0n) is 31.1. The summed E-state index contributed by atoms with van der Waals surface area (Å²) in [5.74, 6) is -2.39. The molecule has 4 N–H and O–H groups in total. The average Bonchev–Trinajstić information content (AvgIpc) is 3.07. The molecule has 0 amide bonds. The molecule has 0 saturated carbocycles. The van der Waals surface area contributed by atoms with Gasteiger partial charge in [0, 0.05) is 12.8 Å². The van der Waals surface area contributed by atoms with Crippen LogP contribution in [0.5, 0.6) is 0 Å². The molecule has 49 heavy (non-hydrogen) atoms. The Bertz CT molecular complexity index is 859. The van der Waals surface area contributed by atoms with Gasteiger partial charge in [-0.1, -0.05) is 162 Å². The maximum absolute atomic E-state index is 12.5. The zero-order chi connectivity index (χ0) is 36.4. The predicted molar refractivity (Wildman–Crippen MR) is 194 cm³/mol. The lowest BCUT2D eigenvalue weighted by Crippen LogP contribution is -2.34. The number of carbonyl (C=O) groups is 3. The molecule has 0 aliphatic heterocycles. The third kappa shape index (κ3) is 33.4. The van der Waals surface area contributed by atoms with E-state index in [0.29, 0.717) is 12.8 Å². The molecule has 12 heteroatoms. The van der Waals surface area contributed by atoms with Crippen molar-refractivity contribution in [2.75, 3.05) is 19.8 Å². The summed E-state index contributed by atoms with van der Waals surface area (Å²) >= 11 is 0. The molecule has 0 saturated heterocycles. The number of carboxylic acids is 1. The van der Waals surface area contributed by atoms with Crippen LogP contribution < -0.4 is 5.73 Å². The predicted octanol–water partition coefficient (Wildman–Crippen LogP) is 9.56. The highest BCUT2D eigenvalue weighted by Crippen LogP contribution is 2.43. The minimum Gasteiger partial charge on any atom is -0.480 e. The van der Waals surface area contributed by atoms with Gasteiger partial charge in [-0.2, -0.15) is 0 Å². The molecule has 290 valence electrons. The summed E-state index contributed by atoms with van der Waals surface area (Å²) in [6, 6.07) is -1.51. The van der Waals surface area contributed by atoms with Crippen molar-refractivity contribution >= 4 is 25.7 Å². The van der Waals surface area contributed by atoms with E-state index in [2.05, 4.69) is 18.4 Å². The Morgan fingerprint density at radius 2 is 0.898 bits per heavy atom. The van der Waals surface area contributed by atoms with Gasteiger partial charge >= 0.3 is 25.7 Å². The number of carboxylic acid groups (broad SMARTS) is 1. The molecular formula is C37H72NO10P. The number of aliphatic carboxylic acids is 1. The molecule has 0 aromatic carbocycles. The maximum Gasteiger partial charge on any atom is 0.472 e. The van der Waals surface area contributed by atoms with Crippen LogP contribution in [-0.4, -0.2) is 59.9 Å². The first-order valence-corrected chi connectivity index (χ1v) is 21.1. The van der Waals surface area contributed by atoms with Crippen molar-refractivity contribution < 1.29 is 47.5 Å². The van der Waals surface area contributed by atoms with Gasteiger partial charge in [-0.3, -0.25) is 23.4 Å². The van der Waals surface area contributed by atoms with Gasteiger partial charge in [0.25, 0.3) is 0 Å². The smallest absolute Gasteiger partial charge is 0.472 e. The second kappa shape index (κ2) is 33.6. The average molecular weight is 722 g/mol. The Morgan fingerprint density at radius 1 is 0.551 bits per heavy atom. The van der Waals surface area contributed by atoms with E-state index in [0.717, 1.165) is 38.5 Å². The Morgan fingerprint density at radius 3 is 1.31 bits per heavy atom. The lowest BCUT2D eigenvalue weighted by atomic mass is 10.0. The van der Waals surface area contributed by atoms with Crippen molar-refractivity contribution in [1.29, 1.82) is 0 Å². The summed E-state index contributed by atoms with van der Waals surface area (Å²) in [7, 11) is -4.69. The summed E-state index contributed by atoms with van der Waals surface area (Å²) < 4.78 is 32.3. The first-order valence-electron chi connectivity index (χ1n) is 19.6. The van der Waals surface area contributed by atoms with Crippen LogP contribution in [0.25, 0.3) is 0 Å². The second-order valence-electron chi connectivity index (χ2n) is 13.4. The molecule has 0 aliphatic rings. The summed E-state index contributed by atoms with van der Waals surface area (Å²) in [6.45, 7) is 2.67. The molecule has 0 heterocycles. The Kier molecular flexibility index (Phi) is 32.6. The van der Waals surface area contributed by atoms with E-state index in [1.54, 1.807) is 0 Å². The highest BCUT2D eigenvalue weighted by molar-refractivity contribution is 7.47. The van der Waals surface area contributed by atoms with Crippen molar-refractivity contribution in [2.24, 2.45) is 5.73 Å². The zero-order valence-corrected chi connectivity index (χ0v) is 31.9. The molecule has 3 atom stereocenters. The standard InChI is InChI=1S/C37H72NO10P/c1-3-5-7-9-10-11-12-13-14-15-16-17-18-19-20-21-22-23-24-25-27-29-36(40)48-33(30-45-35(39)28-26-8-6-4-2)31-46-49(43,44)47-32-34(38)37(41)42/h33-34H,3-32,38H2,1-2H3,(H,41,42)(H,43,44). The number of phosphoric ester groups is 1. The van der Waals surface area contributed by atoms with Gasteiger partial charge in [0.1, 0.15) is 12.6 Å². The van der Waals surface area contributed by atoms with Crippen LogP contribution in [0.1, 0.15) is 187 Å². The van der Waals surface area contributed by atoms with Gasteiger partial charge in [0.05, 0.1) is 13.2 Å². The van der Waals surface area contributed by atoms with Gasteiger partial charge in [0.15, 0.2) is 6.10 Å². The molecule has 0 spiro atoms. The van der Waals surface area contributed by atoms with E-state index in [4.69, 9.17) is 24.8 Å². The Hall–Kier alpha value is -1.52. The monoisotopic (exact) mass is 721 g/mol. The highest BCUT2D eigenvalue weighted by atomic mass is 31.2. The fourth-order valence-corrected chi connectivity index (χ4v) is 6.26. The van der Waals surface area contributed by atoms with E-state index < -0.39 is 51.1 Å². The topological polar surface area (TPSA) is 172 Å². The minimum absolute atomic E-state index is 0.168. The number of hydrogen-bond donors (Lipinski definition) is 3. The SMILES string of the molecule is CCCCCCCCCCCCCCCCCCCCCCCC(=O)OC(COC(=O)CCCCCC)COP(=O)(O)OCC(N)C(=O)O. The summed E-state index contributed by atoms with van der Waals surface area (Å²) in [6.07, 6.45) is 29.7. The molecule has 0 fully saturated rings. The quantitative estimate of drug-likeness (QED) is 0.0317. The number of esters is 2. The lowest BCUT2D eigenvalue weighted by Gasteiger charge is -2.20. The van der Waals surface area contributed by atoms with Gasteiger partial charge in [0.2, 0.25) is 0 Å². The van der Waals surface area contributed by atoms with E-state index in [1.165, 1.54) is 109 Å². The van der Waals surface area contributed by atoms with Crippen LogP contribution >= 0.6 is 7.82 Å². The number of carbonyl (C=O) groups excluding carboxylic acids is 2. The van der Waals surface area contributed by atoms with Gasteiger partial charge < -0.3 is 25.2 Å². The first kappa shape index (κ1) is 47.5. The molecule has 0 rings (SSSR count). The molecule has 3 unspecified atom stereocenters. The van der Waals surface area contributed by atoms with E-state index in [1.807, 2.05) is 0 Å².